The molecule has 1 aromatic carbocycles. The van der Waals surface area contributed by atoms with Gasteiger partial charge < -0.3 is 4.98 Å². The van der Waals surface area contributed by atoms with Gasteiger partial charge in [-0.25, -0.2) is 4.79 Å². The molecule has 4 heteroatoms. The van der Waals surface area contributed by atoms with E-state index in [4.69, 9.17) is 0 Å². The molecule has 86 valence electrons. The molecule has 2 aromatic rings. The van der Waals surface area contributed by atoms with E-state index in [2.05, 4.69) is 9.97 Å². The second-order valence-electron chi connectivity index (χ2n) is 3.84. The van der Waals surface area contributed by atoms with Gasteiger partial charge in [0.15, 0.2) is 0 Å². The molecule has 0 aliphatic heterocycles. The summed E-state index contributed by atoms with van der Waals surface area (Å²) in [5, 5.41) is 0. The van der Waals surface area contributed by atoms with Crippen LogP contribution in [0.1, 0.15) is 12.6 Å². The van der Waals surface area contributed by atoms with Crippen LogP contribution in [0.15, 0.2) is 41.2 Å². The summed E-state index contributed by atoms with van der Waals surface area (Å²) in [6.07, 6.45) is 0.220. The molecule has 0 saturated carbocycles. The first-order valence-corrected chi connectivity index (χ1v) is 5.30. The highest BCUT2D eigenvalue weighted by atomic mass is 16.1. The summed E-state index contributed by atoms with van der Waals surface area (Å²) in [4.78, 5) is 28.9. The number of H-pyrrole nitrogens is 1. The Labute approximate surface area is 98.3 Å². The van der Waals surface area contributed by atoms with Crippen molar-refractivity contribution in [3.05, 3.63) is 52.6 Å². The third kappa shape index (κ3) is 2.87. The minimum atomic E-state index is -0.428. The van der Waals surface area contributed by atoms with Crippen molar-refractivity contribution in [2.24, 2.45) is 0 Å². The number of aromatic amines is 1. The largest absolute Gasteiger partial charge is 0.345 e. The molecule has 0 amide bonds. The Morgan fingerprint density at radius 2 is 2.00 bits per heavy atom. The van der Waals surface area contributed by atoms with E-state index in [0.717, 1.165) is 5.56 Å². The summed E-state index contributed by atoms with van der Waals surface area (Å²) in [6, 6.07) is 11.1. The van der Waals surface area contributed by atoms with Crippen molar-refractivity contribution in [1.29, 1.82) is 0 Å². The summed E-state index contributed by atoms with van der Waals surface area (Å²) in [7, 11) is 0. The molecule has 0 saturated heterocycles. The van der Waals surface area contributed by atoms with E-state index in [1.807, 2.05) is 30.3 Å². The van der Waals surface area contributed by atoms with Crippen LogP contribution >= 0.6 is 0 Å². The number of Topliss-reactive ketones (excluding diaryl/α,β-unsaturated/α-hetero) is 1. The molecule has 0 radical (unpaired) electrons. The Morgan fingerprint density at radius 3 is 2.65 bits per heavy atom. The van der Waals surface area contributed by atoms with E-state index in [1.165, 1.54) is 6.92 Å². The number of carbonyl (C=O) groups excluding carboxylic acids is 1. The van der Waals surface area contributed by atoms with Crippen molar-refractivity contribution in [2.45, 2.75) is 13.3 Å². The maximum absolute atomic E-state index is 11.4. The standard InChI is InChI=1S/C13H12N2O2/c1-9(16)7-11-8-12(15-13(17)14-11)10-5-3-2-4-6-10/h2-6,8H,7H2,1H3,(H,14,15,17). The fraction of sp³-hybridized carbons (Fsp3) is 0.154. The lowest BCUT2D eigenvalue weighted by molar-refractivity contribution is -0.116. The first kappa shape index (κ1) is 11.3. The van der Waals surface area contributed by atoms with Crippen LogP contribution in [0.4, 0.5) is 0 Å². The van der Waals surface area contributed by atoms with Crippen LogP contribution in [0.5, 0.6) is 0 Å². The van der Waals surface area contributed by atoms with Crippen molar-refractivity contribution in [2.75, 3.05) is 0 Å². The quantitative estimate of drug-likeness (QED) is 0.867. The summed E-state index contributed by atoms with van der Waals surface area (Å²) in [6.45, 7) is 1.49. The van der Waals surface area contributed by atoms with Gasteiger partial charge in [0.25, 0.3) is 0 Å². The summed E-state index contributed by atoms with van der Waals surface area (Å²) in [5.41, 5.74) is 1.62. The van der Waals surface area contributed by atoms with Crippen LogP contribution < -0.4 is 5.69 Å². The first-order valence-electron chi connectivity index (χ1n) is 5.30. The number of rotatable bonds is 3. The number of hydrogen-bond donors (Lipinski definition) is 1. The van der Waals surface area contributed by atoms with E-state index >= 15 is 0 Å². The molecule has 2 rings (SSSR count). The van der Waals surface area contributed by atoms with Crippen LogP contribution in [-0.2, 0) is 11.2 Å². The molecule has 0 aliphatic rings. The Bertz CT molecular complexity index is 588. The molecular weight excluding hydrogens is 216 g/mol. The van der Waals surface area contributed by atoms with Crippen molar-refractivity contribution in [3.8, 4) is 11.3 Å². The van der Waals surface area contributed by atoms with Crippen LogP contribution in [0, 0.1) is 0 Å². The highest BCUT2D eigenvalue weighted by Crippen LogP contribution is 2.15. The Kier molecular flexibility index (Phi) is 3.14. The molecule has 0 fully saturated rings. The lowest BCUT2D eigenvalue weighted by atomic mass is 10.1. The van der Waals surface area contributed by atoms with E-state index < -0.39 is 5.69 Å². The van der Waals surface area contributed by atoms with Crippen LogP contribution in [-0.4, -0.2) is 15.8 Å². The zero-order valence-corrected chi connectivity index (χ0v) is 9.43. The molecule has 4 nitrogen and oxygen atoms in total. The van der Waals surface area contributed by atoms with Gasteiger partial charge in [-0.2, -0.15) is 4.98 Å². The average molecular weight is 228 g/mol. The van der Waals surface area contributed by atoms with E-state index in [9.17, 15) is 9.59 Å². The molecule has 1 aromatic heterocycles. The predicted molar refractivity (Wildman–Crippen MR) is 64.7 cm³/mol. The molecule has 1 N–H and O–H groups in total. The lowest BCUT2D eigenvalue weighted by Crippen LogP contribution is -2.15. The summed E-state index contributed by atoms with van der Waals surface area (Å²) < 4.78 is 0. The highest BCUT2D eigenvalue weighted by molar-refractivity contribution is 5.78. The maximum atomic E-state index is 11.4. The summed E-state index contributed by atoms with van der Waals surface area (Å²) >= 11 is 0. The normalized spacial score (nSPS) is 10.2. The molecule has 0 spiro atoms. The molecule has 1 heterocycles. The SMILES string of the molecule is CC(=O)Cc1cc(-c2ccccc2)nc(=O)[nH]1. The fourth-order valence-corrected chi connectivity index (χ4v) is 1.63. The average Bonchev–Trinajstić information content (AvgIpc) is 2.28. The minimum Gasteiger partial charge on any atom is -0.309 e. The Morgan fingerprint density at radius 1 is 1.29 bits per heavy atom. The highest BCUT2D eigenvalue weighted by Gasteiger charge is 2.04. The first-order chi connectivity index (χ1) is 8.15. The predicted octanol–water partition coefficient (Wildman–Crippen LogP) is 1.57. The zero-order chi connectivity index (χ0) is 12.3. The number of hydrogen-bond acceptors (Lipinski definition) is 3. The third-order valence-corrected chi connectivity index (χ3v) is 2.31. The number of carbonyl (C=O) groups is 1. The molecule has 17 heavy (non-hydrogen) atoms. The van der Waals surface area contributed by atoms with Gasteiger partial charge in [-0.05, 0) is 13.0 Å². The van der Waals surface area contributed by atoms with Crippen molar-refractivity contribution >= 4 is 5.78 Å². The monoisotopic (exact) mass is 228 g/mol. The Hall–Kier alpha value is -2.23. The van der Waals surface area contributed by atoms with Gasteiger partial charge in [-0.1, -0.05) is 30.3 Å². The molecule has 0 bridgehead atoms. The number of nitrogens with one attached hydrogen (secondary N) is 1. The summed E-state index contributed by atoms with van der Waals surface area (Å²) in [5.74, 6) is 0.00543. The molecular formula is C13H12N2O2. The number of nitrogens with zero attached hydrogens (tertiary/aromatic N) is 1. The van der Waals surface area contributed by atoms with Crippen molar-refractivity contribution < 1.29 is 4.79 Å². The van der Waals surface area contributed by atoms with Gasteiger partial charge in [-0.3, -0.25) is 4.79 Å². The van der Waals surface area contributed by atoms with E-state index in [-0.39, 0.29) is 12.2 Å². The van der Waals surface area contributed by atoms with Gasteiger partial charge >= 0.3 is 5.69 Å². The molecule has 0 aliphatic carbocycles. The minimum absolute atomic E-state index is 0.00543. The molecule has 0 unspecified atom stereocenters. The number of ketones is 1. The maximum Gasteiger partial charge on any atom is 0.345 e. The van der Waals surface area contributed by atoms with Gasteiger partial charge in [-0.15, -0.1) is 0 Å². The lowest BCUT2D eigenvalue weighted by Gasteiger charge is -2.02. The third-order valence-electron chi connectivity index (χ3n) is 2.31. The van der Waals surface area contributed by atoms with Crippen molar-refractivity contribution in [3.63, 3.8) is 0 Å². The van der Waals surface area contributed by atoms with E-state index in [0.29, 0.717) is 11.4 Å². The van der Waals surface area contributed by atoms with Crippen LogP contribution in [0.3, 0.4) is 0 Å². The fourth-order valence-electron chi connectivity index (χ4n) is 1.63. The van der Waals surface area contributed by atoms with Gasteiger partial charge in [0.05, 0.1) is 5.69 Å². The van der Waals surface area contributed by atoms with E-state index in [1.54, 1.807) is 6.07 Å². The van der Waals surface area contributed by atoms with Gasteiger partial charge in [0.1, 0.15) is 5.78 Å². The number of aromatic nitrogens is 2. The zero-order valence-electron chi connectivity index (χ0n) is 9.43. The van der Waals surface area contributed by atoms with Crippen LogP contribution in [0.2, 0.25) is 0 Å². The molecule has 0 atom stereocenters. The number of benzene rings is 1. The van der Waals surface area contributed by atoms with Gasteiger partial charge in [0.2, 0.25) is 0 Å². The van der Waals surface area contributed by atoms with Crippen LogP contribution in [0.25, 0.3) is 11.3 Å². The second-order valence-corrected chi connectivity index (χ2v) is 3.84. The smallest absolute Gasteiger partial charge is 0.309 e. The Balaban J connectivity index is 2.45. The van der Waals surface area contributed by atoms with Crippen molar-refractivity contribution in [1.82, 2.24) is 9.97 Å². The second kappa shape index (κ2) is 4.74. The topological polar surface area (TPSA) is 62.8 Å². The van der Waals surface area contributed by atoms with Gasteiger partial charge in [0, 0.05) is 17.7 Å².